The molecule has 3 amide bonds. The van der Waals surface area contributed by atoms with Crippen molar-refractivity contribution in [3.05, 3.63) is 23.8 Å². The van der Waals surface area contributed by atoms with E-state index in [-0.39, 0.29) is 61.0 Å². The second-order valence-corrected chi connectivity index (χ2v) is 9.12. The maximum atomic E-state index is 12.5. The zero-order valence-electron chi connectivity index (χ0n) is 19.2. The smallest absolute Gasteiger partial charge is 0.222 e. The Bertz CT molecular complexity index is 640. The highest BCUT2D eigenvalue weighted by Gasteiger charge is 2.20. The van der Waals surface area contributed by atoms with Gasteiger partial charge in [-0.3, -0.25) is 14.4 Å². The molecule has 170 valence electrons. The molecule has 7 heteroatoms. The zero-order chi connectivity index (χ0) is 22.7. The Hall–Kier alpha value is -2.15. The number of carbonyl (C=O) groups is 3. The lowest BCUT2D eigenvalue weighted by Gasteiger charge is -2.22. The number of rotatable bonds is 13. The van der Waals surface area contributed by atoms with Gasteiger partial charge < -0.3 is 21.7 Å². The largest absolute Gasteiger partial charge is 0.353 e. The summed E-state index contributed by atoms with van der Waals surface area (Å²) in [5, 5.41) is 8.73. The van der Waals surface area contributed by atoms with Gasteiger partial charge in [0, 0.05) is 43.9 Å². The molecule has 30 heavy (non-hydrogen) atoms. The quantitative estimate of drug-likeness (QED) is 0.366. The molecule has 0 bridgehead atoms. The highest BCUT2D eigenvalue weighted by molar-refractivity contribution is 5.81. The molecule has 7 nitrogen and oxygen atoms in total. The molecule has 0 aliphatic heterocycles. The van der Waals surface area contributed by atoms with Crippen molar-refractivity contribution in [2.45, 2.75) is 84.8 Å². The Balaban J connectivity index is 2.44. The summed E-state index contributed by atoms with van der Waals surface area (Å²) in [6.07, 6.45) is 8.29. The fraction of sp³-hybridized carbons (Fsp3) is 0.696. The van der Waals surface area contributed by atoms with Crippen LogP contribution >= 0.6 is 0 Å². The molecule has 3 atom stereocenters. The minimum Gasteiger partial charge on any atom is -0.353 e. The SMILES string of the molecule is CC(C)C[C@@H](CC(=O)NCC1=CC=CC1)NC(=O)C[C@H](C)NC(=O)C[C@@H](N)C(C)C. The maximum Gasteiger partial charge on any atom is 0.222 e. The van der Waals surface area contributed by atoms with Crippen molar-refractivity contribution in [1.82, 2.24) is 16.0 Å². The Labute approximate surface area is 181 Å². The van der Waals surface area contributed by atoms with Crippen molar-refractivity contribution in [3.63, 3.8) is 0 Å². The summed E-state index contributed by atoms with van der Waals surface area (Å²) in [4.78, 5) is 36.8. The summed E-state index contributed by atoms with van der Waals surface area (Å²) in [5.41, 5.74) is 7.11. The first-order chi connectivity index (χ1) is 14.1. The molecule has 0 saturated heterocycles. The second kappa shape index (κ2) is 13.2. The topological polar surface area (TPSA) is 113 Å². The van der Waals surface area contributed by atoms with E-state index < -0.39 is 0 Å². The van der Waals surface area contributed by atoms with Gasteiger partial charge in [-0.25, -0.2) is 0 Å². The van der Waals surface area contributed by atoms with Gasteiger partial charge in [0.05, 0.1) is 0 Å². The number of hydrogen-bond acceptors (Lipinski definition) is 4. The predicted octanol–water partition coefficient (Wildman–Crippen LogP) is 2.18. The van der Waals surface area contributed by atoms with Crippen molar-refractivity contribution >= 4 is 17.7 Å². The highest BCUT2D eigenvalue weighted by Crippen LogP contribution is 2.11. The molecule has 0 aromatic heterocycles. The first kappa shape index (κ1) is 25.9. The normalized spacial score (nSPS) is 16.2. The Kier molecular flexibility index (Phi) is 11.4. The lowest BCUT2D eigenvalue weighted by atomic mass is 10.00. The van der Waals surface area contributed by atoms with Crippen LogP contribution in [-0.2, 0) is 14.4 Å². The van der Waals surface area contributed by atoms with Gasteiger partial charge in [0.15, 0.2) is 0 Å². The molecule has 0 radical (unpaired) electrons. The van der Waals surface area contributed by atoms with E-state index in [1.807, 2.05) is 26.0 Å². The molecule has 0 aromatic rings. The number of amides is 3. The lowest BCUT2D eigenvalue weighted by molar-refractivity contribution is -0.124. The molecule has 5 N–H and O–H groups in total. The van der Waals surface area contributed by atoms with Crippen molar-refractivity contribution < 1.29 is 14.4 Å². The standard InChI is InChI=1S/C23H40N4O3/c1-15(2)10-19(12-21(28)25-14-18-8-6-7-9-18)27-22(29)11-17(5)26-23(30)13-20(24)16(3)4/h6-8,15-17,19-20H,9-14,24H2,1-5H3,(H,25,28)(H,26,30)(H,27,29)/t17-,19-,20+/m0/s1. The van der Waals surface area contributed by atoms with Crippen molar-refractivity contribution in [1.29, 1.82) is 0 Å². The fourth-order valence-electron chi connectivity index (χ4n) is 3.29. The zero-order valence-corrected chi connectivity index (χ0v) is 19.2. The third-order valence-electron chi connectivity index (χ3n) is 5.09. The van der Waals surface area contributed by atoms with Gasteiger partial charge in [0.2, 0.25) is 17.7 Å². The van der Waals surface area contributed by atoms with Crippen LogP contribution in [0.3, 0.4) is 0 Å². The van der Waals surface area contributed by atoms with E-state index in [0.717, 1.165) is 6.42 Å². The summed E-state index contributed by atoms with van der Waals surface area (Å²) in [6.45, 7) is 10.4. The van der Waals surface area contributed by atoms with Crippen LogP contribution in [-0.4, -0.2) is 42.4 Å². The van der Waals surface area contributed by atoms with Crippen LogP contribution in [0.5, 0.6) is 0 Å². The van der Waals surface area contributed by atoms with E-state index in [1.54, 1.807) is 6.92 Å². The first-order valence-corrected chi connectivity index (χ1v) is 11.0. The average molecular weight is 421 g/mol. The van der Waals surface area contributed by atoms with Gasteiger partial charge in [-0.15, -0.1) is 0 Å². The summed E-state index contributed by atoms with van der Waals surface area (Å²) >= 11 is 0. The van der Waals surface area contributed by atoms with Gasteiger partial charge in [-0.1, -0.05) is 45.9 Å². The van der Waals surface area contributed by atoms with E-state index in [4.69, 9.17) is 5.73 Å². The monoisotopic (exact) mass is 420 g/mol. The molecule has 0 unspecified atom stereocenters. The van der Waals surface area contributed by atoms with E-state index in [0.29, 0.717) is 18.9 Å². The van der Waals surface area contributed by atoms with E-state index in [9.17, 15) is 14.4 Å². The Morgan fingerprint density at radius 2 is 1.63 bits per heavy atom. The molecule has 0 fully saturated rings. The van der Waals surface area contributed by atoms with Gasteiger partial charge >= 0.3 is 0 Å². The van der Waals surface area contributed by atoms with Crippen molar-refractivity contribution in [3.8, 4) is 0 Å². The Morgan fingerprint density at radius 1 is 0.967 bits per heavy atom. The van der Waals surface area contributed by atoms with Gasteiger partial charge in [0.1, 0.15) is 0 Å². The molecule has 1 rings (SSSR count). The van der Waals surface area contributed by atoms with Crippen LogP contribution in [0.1, 0.15) is 66.7 Å². The van der Waals surface area contributed by atoms with Gasteiger partial charge in [0.25, 0.3) is 0 Å². The van der Waals surface area contributed by atoms with Crippen LogP contribution in [0.4, 0.5) is 0 Å². The van der Waals surface area contributed by atoms with E-state index in [2.05, 4.69) is 35.9 Å². The second-order valence-electron chi connectivity index (χ2n) is 9.12. The number of allylic oxidation sites excluding steroid dienone is 3. The molecule has 1 aliphatic carbocycles. The lowest BCUT2D eigenvalue weighted by Crippen LogP contribution is -2.44. The third-order valence-corrected chi connectivity index (χ3v) is 5.09. The number of hydrogen-bond donors (Lipinski definition) is 4. The molecular formula is C23H40N4O3. The van der Waals surface area contributed by atoms with Crippen LogP contribution in [0.15, 0.2) is 23.8 Å². The summed E-state index contributed by atoms with van der Waals surface area (Å²) in [5.74, 6) is 0.179. The van der Waals surface area contributed by atoms with Crippen LogP contribution in [0, 0.1) is 11.8 Å². The summed E-state index contributed by atoms with van der Waals surface area (Å²) < 4.78 is 0. The maximum absolute atomic E-state index is 12.5. The number of carbonyl (C=O) groups excluding carboxylic acids is 3. The van der Waals surface area contributed by atoms with Crippen LogP contribution in [0.25, 0.3) is 0 Å². The Morgan fingerprint density at radius 3 is 2.20 bits per heavy atom. The minimum atomic E-state index is -0.299. The van der Waals surface area contributed by atoms with Crippen LogP contribution < -0.4 is 21.7 Å². The fourth-order valence-corrected chi connectivity index (χ4v) is 3.29. The van der Waals surface area contributed by atoms with E-state index >= 15 is 0 Å². The first-order valence-electron chi connectivity index (χ1n) is 11.0. The van der Waals surface area contributed by atoms with Crippen molar-refractivity contribution in [2.75, 3.05) is 6.54 Å². The molecule has 0 aromatic carbocycles. The molecule has 0 spiro atoms. The molecule has 1 aliphatic rings. The van der Waals surface area contributed by atoms with E-state index in [1.165, 1.54) is 5.57 Å². The molecule has 0 heterocycles. The van der Waals surface area contributed by atoms with Gasteiger partial charge in [-0.2, -0.15) is 0 Å². The molecular weight excluding hydrogens is 380 g/mol. The average Bonchev–Trinajstić information content (AvgIpc) is 3.12. The number of nitrogens with one attached hydrogen (secondary N) is 3. The van der Waals surface area contributed by atoms with Crippen molar-refractivity contribution in [2.24, 2.45) is 17.6 Å². The summed E-state index contributed by atoms with van der Waals surface area (Å²) in [6, 6.07) is -0.728. The third kappa shape index (κ3) is 11.1. The predicted molar refractivity (Wildman–Crippen MR) is 121 cm³/mol. The van der Waals surface area contributed by atoms with Crippen LogP contribution in [0.2, 0.25) is 0 Å². The van der Waals surface area contributed by atoms with Gasteiger partial charge in [-0.05, 0) is 37.2 Å². The molecule has 0 saturated carbocycles. The highest BCUT2D eigenvalue weighted by atomic mass is 16.2. The summed E-state index contributed by atoms with van der Waals surface area (Å²) in [7, 11) is 0. The minimum absolute atomic E-state index is 0.0715. The number of nitrogens with two attached hydrogens (primary N) is 1.